The Morgan fingerprint density at radius 2 is 1.85 bits per heavy atom. The van der Waals surface area contributed by atoms with Crippen LogP contribution in [0.3, 0.4) is 0 Å². The van der Waals surface area contributed by atoms with Gasteiger partial charge in [0.25, 0.3) is 0 Å². The van der Waals surface area contributed by atoms with Gasteiger partial charge in [0.15, 0.2) is 0 Å². The Hall–Kier alpha value is -4.05. The number of nitrogens with two attached hydrogens (primary N) is 1. The number of aromatic nitrogens is 2. The maximum Gasteiger partial charge on any atom is 0.238 e. The maximum atomic E-state index is 13.8. The number of benzene rings is 2. The molecule has 0 radical (unpaired) electrons. The predicted octanol–water partition coefficient (Wildman–Crippen LogP) is 4.43. The third-order valence-corrected chi connectivity index (χ3v) is 6.83. The molecule has 0 fully saturated rings. The zero-order chi connectivity index (χ0) is 24.5. The van der Waals surface area contributed by atoms with E-state index in [0.717, 1.165) is 11.1 Å². The minimum atomic E-state index is -4.01. The second-order valence-electron chi connectivity index (χ2n) is 7.92. The number of rotatable bonds is 6. The van der Waals surface area contributed by atoms with E-state index in [2.05, 4.69) is 11.1 Å². The molecule has 0 aliphatic rings. The van der Waals surface area contributed by atoms with Gasteiger partial charge in [-0.05, 0) is 60.0 Å². The monoisotopic (exact) mass is 473 g/mol. The van der Waals surface area contributed by atoms with E-state index in [1.807, 2.05) is 17.6 Å². The molecule has 170 valence electrons. The summed E-state index contributed by atoms with van der Waals surface area (Å²) >= 11 is 0. The minimum absolute atomic E-state index is 0.0210. The Morgan fingerprint density at radius 3 is 2.47 bits per heavy atom. The van der Waals surface area contributed by atoms with Crippen LogP contribution in [-0.4, -0.2) is 18.0 Å². The number of hydrogen-bond acceptors (Lipinski definition) is 5. The molecule has 1 atom stereocenters. The largest absolute Gasteiger partial charge is 0.345 e. The highest BCUT2D eigenvalue weighted by Crippen LogP contribution is 2.33. The SMILES string of the molecule is CC[C@H](Cn1cc(C#N)c2cc(F)ccc21)c1cc(-c2ccc(C#N)nc2)ccc1S(N)(=O)=O. The van der Waals surface area contributed by atoms with Crippen molar-refractivity contribution in [1.29, 1.82) is 10.5 Å². The van der Waals surface area contributed by atoms with Crippen LogP contribution in [-0.2, 0) is 16.6 Å². The Bertz CT molecular complexity index is 1580. The molecule has 0 spiro atoms. The summed E-state index contributed by atoms with van der Waals surface area (Å²) in [6.07, 6.45) is 3.79. The highest BCUT2D eigenvalue weighted by Gasteiger charge is 2.23. The van der Waals surface area contributed by atoms with Gasteiger partial charge < -0.3 is 4.57 Å². The average Bonchev–Trinajstić information content (AvgIpc) is 3.18. The summed E-state index contributed by atoms with van der Waals surface area (Å²) in [5, 5.41) is 24.5. The van der Waals surface area contributed by atoms with E-state index in [1.54, 1.807) is 42.7 Å². The molecule has 0 aliphatic carbocycles. The first-order chi connectivity index (χ1) is 16.2. The number of sulfonamides is 1. The number of fused-ring (bicyclic) bond motifs is 1. The molecule has 0 aliphatic heterocycles. The van der Waals surface area contributed by atoms with Crippen LogP contribution in [0, 0.1) is 28.5 Å². The zero-order valence-corrected chi connectivity index (χ0v) is 19.1. The molecule has 34 heavy (non-hydrogen) atoms. The average molecular weight is 474 g/mol. The molecule has 2 N–H and O–H groups in total. The first-order valence-corrected chi connectivity index (χ1v) is 12.0. The lowest BCUT2D eigenvalue weighted by Crippen LogP contribution is -2.18. The quantitative estimate of drug-likeness (QED) is 0.443. The second kappa shape index (κ2) is 9.06. The summed E-state index contributed by atoms with van der Waals surface area (Å²) in [7, 11) is -4.01. The second-order valence-corrected chi connectivity index (χ2v) is 9.44. The maximum absolute atomic E-state index is 13.8. The highest BCUT2D eigenvalue weighted by molar-refractivity contribution is 7.89. The van der Waals surface area contributed by atoms with E-state index in [0.29, 0.717) is 35.0 Å². The molecular weight excluding hydrogens is 453 g/mol. The van der Waals surface area contributed by atoms with Crippen molar-refractivity contribution in [2.75, 3.05) is 0 Å². The first-order valence-electron chi connectivity index (χ1n) is 10.5. The van der Waals surface area contributed by atoms with Crippen LogP contribution >= 0.6 is 0 Å². The molecule has 0 amide bonds. The molecule has 0 saturated carbocycles. The van der Waals surface area contributed by atoms with Crippen LogP contribution in [0.25, 0.3) is 22.0 Å². The molecule has 2 aromatic carbocycles. The number of halogens is 1. The van der Waals surface area contributed by atoms with Crippen LogP contribution in [0.1, 0.15) is 36.1 Å². The van der Waals surface area contributed by atoms with Crippen molar-refractivity contribution in [3.8, 4) is 23.3 Å². The van der Waals surface area contributed by atoms with Gasteiger partial charge in [0, 0.05) is 41.3 Å². The Morgan fingerprint density at radius 1 is 1.09 bits per heavy atom. The highest BCUT2D eigenvalue weighted by atomic mass is 32.2. The lowest BCUT2D eigenvalue weighted by atomic mass is 9.93. The van der Waals surface area contributed by atoms with Gasteiger partial charge in [-0.1, -0.05) is 13.0 Å². The van der Waals surface area contributed by atoms with E-state index < -0.39 is 15.8 Å². The van der Waals surface area contributed by atoms with Gasteiger partial charge in [-0.2, -0.15) is 10.5 Å². The lowest BCUT2D eigenvalue weighted by molar-refractivity contribution is 0.544. The molecule has 0 saturated heterocycles. The zero-order valence-electron chi connectivity index (χ0n) is 18.2. The number of nitrogens with zero attached hydrogens (tertiary/aromatic N) is 4. The van der Waals surface area contributed by atoms with Crippen LogP contribution in [0.4, 0.5) is 4.39 Å². The number of nitriles is 2. The molecule has 0 bridgehead atoms. The van der Waals surface area contributed by atoms with Crippen LogP contribution in [0.5, 0.6) is 0 Å². The topological polar surface area (TPSA) is 126 Å². The van der Waals surface area contributed by atoms with Gasteiger partial charge in [0.1, 0.15) is 23.6 Å². The Balaban J connectivity index is 1.83. The normalized spacial score (nSPS) is 12.3. The minimum Gasteiger partial charge on any atom is -0.345 e. The van der Waals surface area contributed by atoms with Crippen LogP contribution in [0.2, 0.25) is 0 Å². The van der Waals surface area contributed by atoms with Gasteiger partial charge in [0.05, 0.1) is 10.5 Å². The van der Waals surface area contributed by atoms with Crippen molar-refractivity contribution >= 4 is 20.9 Å². The van der Waals surface area contributed by atoms with Crippen LogP contribution in [0.15, 0.2) is 65.8 Å². The summed E-state index contributed by atoms with van der Waals surface area (Å²) in [5.41, 5.74) is 3.30. The summed E-state index contributed by atoms with van der Waals surface area (Å²) in [6, 6.07) is 16.6. The van der Waals surface area contributed by atoms with Crippen molar-refractivity contribution in [3.63, 3.8) is 0 Å². The number of primary sulfonamides is 1. The van der Waals surface area contributed by atoms with Crippen LogP contribution < -0.4 is 5.14 Å². The predicted molar refractivity (Wildman–Crippen MR) is 125 cm³/mol. The third-order valence-electron chi connectivity index (χ3n) is 5.84. The van der Waals surface area contributed by atoms with E-state index in [-0.39, 0.29) is 16.5 Å². The van der Waals surface area contributed by atoms with Gasteiger partial charge in [0.2, 0.25) is 10.0 Å². The van der Waals surface area contributed by atoms with Crippen molar-refractivity contribution in [2.24, 2.45) is 5.14 Å². The third kappa shape index (κ3) is 4.40. The fraction of sp³-hybridized carbons (Fsp3) is 0.160. The smallest absolute Gasteiger partial charge is 0.238 e. The van der Waals surface area contributed by atoms with Gasteiger partial charge >= 0.3 is 0 Å². The molecule has 7 nitrogen and oxygen atoms in total. The lowest BCUT2D eigenvalue weighted by Gasteiger charge is -2.21. The van der Waals surface area contributed by atoms with E-state index in [4.69, 9.17) is 10.4 Å². The molecular formula is C25H20FN5O2S. The van der Waals surface area contributed by atoms with Crippen molar-refractivity contribution < 1.29 is 12.8 Å². The number of pyridine rings is 1. The molecule has 2 aromatic heterocycles. The van der Waals surface area contributed by atoms with E-state index in [9.17, 15) is 18.1 Å². The summed E-state index contributed by atoms with van der Waals surface area (Å²) in [5.74, 6) is -0.708. The summed E-state index contributed by atoms with van der Waals surface area (Å²) in [4.78, 5) is 4.11. The van der Waals surface area contributed by atoms with Crippen molar-refractivity contribution in [2.45, 2.75) is 30.7 Å². The van der Waals surface area contributed by atoms with Gasteiger partial charge in [-0.25, -0.2) is 22.9 Å². The van der Waals surface area contributed by atoms with E-state index in [1.165, 1.54) is 18.2 Å². The van der Waals surface area contributed by atoms with Gasteiger partial charge in [-0.3, -0.25) is 0 Å². The first kappa shape index (κ1) is 23.1. The fourth-order valence-corrected chi connectivity index (χ4v) is 4.94. The Labute approximate surface area is 196 Å². The summed E-state index contributed by atoms with van der Waals surface area (Å²) in [6.45, 7) is 2.29. The summed E-state index contributed by atoms with van der Waals surface area (Å²) < 4.78 is 40.4. The molecule has 2 heterocycles. The van der Waals surface area contributed by atoms with Crippen molar-refractivity contribution in [3.05, 3.63) is 83.6 Å². The Kier molecular flexibility index (Phi) is 6.16. The molecule has 9 heteroatoms. The standard InChI is InChI=1S/C25H20FN5O2S/c1-2-16(14-31-15-19(11-27)22-10-20(26)5-7-24(22)31)23-9-17(4-8-25(23)34(29,32)33)18-3-6-21(12-28)30-13-18/h3-10,13,15-16H,2,14H2,1H3,(H2,29,32,33)/t16-/m1/s1. The molecule has 4 aromatic rings. The number of hydrogen-bond donors (Lipinski definition) is 1. The van der Waals surface area contributed by atoms with E-state index >= 15 is 0 Å². The molecule has 0 unspecified atom stereocenters. The van der Waals surface area contributed by atoms with Gasteiger partial charge in [-0.15, -0.1) is 0 Å². The fourth-order valence-electron chi connectivity index (χ4n) is 4.13. The van der Waals surface area contributed by atoms with Crippen molar-refractivity contribution in [1.82, 2.24) is 9.55 Å². The molecule has 4 rings (SSSR count).